The molecule has 3 rings (SSSR count). The van der Waals surface area contributed by atoms with E-state index in [1.54, 1.807) is 42.5 Å². The maximum Gasteiger partial charge on any atom is 0.272 e. The normalized spacial score (nSPS) is 10.6. The van der Waals surface area contributed by atoms with E-state index in [9.17, 15) is 9.59 Å². The van der Waals surface area contributed by atoms with Crippen LogP contribution < -0.4 is 20.2 Å². The Morgan fingerprint density at radius 2 is 1.78 bits per heavy atom. The van der Waals surface area contributed by atoms with Gasteiger partial charge in [0.1, 0.15) is 0 Å². The van der Waals surface area contributed by atoms with Crippen molar-refractivity contribution in [1.82, 2.24) is 5.43 Å². The van der Waals surface area contributed by atoms with Crippen molar-refractivity contribution in [1.29, 1.82) is 0 Å². The lowest BCUT2D eigenvalue weighted by molar-refractivity contribution is -0.118. The van der Waals surface area contributed by atoms with Crippen molar-refractivity contribution in [2.24, 2.45) is 5.10 Å². The lowest BCUT2D eigenvalue weighted by Gasteiger charge is -2.12. The molecular weight excluding hydrogens is 430 g/mol. The highest BCUT2D eigenvalue weighted by molar-refractivity contribution is 6.33. The number of rotatable bonds is 8. The fourth-order valence-corrected chi connectivity index (χ4v) is 3.02. The van der Waals surface area contributed by atoms with Crippen molar-refractivity contribution in [2.75, 3.05) is 19.0 Å². The zero-order chi connectivity index (χ0) is 22.9. The van der Waals surface area contributed by atoms with E-state index in [1.165, 1.54) is 13.3 Å². The number of ether oxygens (including phenoxy) is 2. The average Bonchev–Trinajstić information content (AvgIpc) is 2.79. The molecule has 0 atom stereocenters. The maximum absolute atomic E-state index is 12.2. The molecular formula is C24H22ClN3O4. The maximum atomic E-state index is 12.2. The number of hydrogen-bond donors (Lipinski definition) is 2. The highest BCUT2D eigenvalue weighted by Crippen LogP contribution is 2.27. The lowest BCUT2D eigenvalue weighted by atomic mass is 10.2. The van der Waals surface area contributed by atoms with Gasteiger partial charge in [-0.15, -0.1) is 0 Å². The molecule has 0 unspecified atom stereocenters. The number of para-hydroxylation sites is 1. The first-order valence-electron chi connectivity index (χ1n) is 9.72. The number of amides is 2. The summed E-state index contributed by atoms with van der Waals surface area (Å²) in [5.41, 5.74) is 5.12. The Labute approximate surface area is 191 Å². The first-order chi connectivity index (χ1) is 15.5. The predicted molar refractivity (Wildman–Crippen MR) is 125 cm³/mol. The third kappa shape index (κ3) is 6.09. The molecule has 2 amide bonds. The number of aryl methyl sites for hydroxylation is 1. The van der Waals surface area contributed by atoms with Gasteiger partial charge in [-0.05, 0) is 54.4 Å². The zero-order valence-corrected chi connectivity index (χ0v) is 18.3. The van der Waals surface area contributed by atoms with Crippen molar-refractivity contribution < 1.29 is 19.1 Å². The summed E-state index contributed by atoms with van der Waals surface area (Å²) in [6.45, 7) is 1.74. The van der Waals surface area contributed by atoms with Crippen molar-refractivity contribution in [3.8, 4) is 11.5 Å². The van der Waals surface area contributed by atoms with Gasteiger partial charge in [-0.3, -0.25) is 9.59 Å². The number of benzene rings is 3. The van der Waals surface area contributed by atoms with Crippen LogP contribution in [0.3, 0.4) is 0 Å². The molecule has 0 saturated heterocycles. The molecule has 8 heteroatoms. The van der Waals surface area contributed by atoms with E-state index in [2.05, 4.69) is 15.8 Å². The number of hydrazone groups is 1. The second kappa shape index (κ2) is 11.0. The number of methoxy groups -OCH3 is 1. The van der Waals surface area contributed by atoms with E-state index in [0.29, 0.717) is 27.6 Å². The van der Waals surface area contributed by atoms with Gasteiger partial charge in [0.15, 0.2) is 18.1 Å². The largest absolute Gasteiger partial charge is 0.493 e. The predicted octanol–water partition coefficient (Wildman–Crippen LogP) is 4.44. The first kappa shape index (κ1) is 22.8. The van der Waals surface area contributed by atoms with Crippen LogP contribution in [0.2, 0.25) is 5.02 Å². The molecule has 0 radical (unpaired) electrons. The highest BCUT2D eigenvalue weighted by atomic mass is 35.5. The minimum atomic E-state index is -0.418. The number of carbonyl (C=O) groups excluding carboxylic acids is 2. The van der Waals surface area contributed by atoms with Crippen LogP contribution in [-0.4, -0.2) is 31.7 Å². The molecule has 0 fully saturated rings. The summed E-state index contributed by atoms with van der Waals surface area (Å²) >= 11 is 6.01. The lowest BCUT2D eigenvalue weighted by Crippen LogP contribution is -2.20. The molecule has 0 aliphatic heterocycles. The van der Waals surface area contributed by atoms with E-state index < -0.39 is 5.91 Å². The van der Waals surface area contributed by atoms with E-state index in [0.717, 1.165) is 11.3 Å². The molecule has 0 spiro atoms. The molecule has 164 valence electrons. The summed E-state index contributed by atoms with van der Waals surface area (Å²) < 4.78 is 10.9. The number of anilines is 1. The number of carbonyl (C=O) groups is 2. The Morgan fingerprint density at radius 1 is 1.03 bits per heavy atom. The van der Waals surface area contributed by atoms with Crippen LogP contribution >= 0.6 is 11.6 Å². The number of nitrogens with zero attached hydrogens (tertiary/aromatic N) is 1. The number of hydrogen-bond acceptors (Lipinski definition) is 5. The Hall–Kier alpha value is -3.84. The Bertz CT molecular complexity index is 1150. The minimum absolute atomic E-state index is 0.175. The van der Waals surface area contributed by atoms with Gasteiger partial charge >= 0.3 is 0 Å². The monoisotopic (exact) mass is 451 g/mol. The Kier molecular flexibility index (Phi) is 7.83. The van der Waals surface area contributed by atoms with Crippen LogP contribution in [0.5, 0.6) is 11.5 Å². The van der Waals surface area contributed by atoms with Gasteiger partial charge in [0, 0.05) is 5.69 Å². The molecule has 0 saturated carbocycles. The third-order valence-electron chi connectivity index (χ3n) is 4.46. The molecule has 3 aromatic rings. The molecule has 0 bridgehead atoms. The summed E-state index contributed by atoms with van der Waals surface area (Å²) in [4.78, 5) is 24.3. The molecule has 0 aromatic heterocycles. The minimum Gasteiger partial charge on any atom is -0.493 e. The van der Waals surface area contributed by atoms with Gasteiger partial charge in [-0.1, -0.05) is 41.9 Å². The highest BCUT2D eigenvalue weighted by Gasteiger charge is 2.10. The van der Waals surface area contributed by atoms with E-state index in [-0.39, 0.29) is 12.5 Å². The van der Waals surface area contributed by atoms with Gasteiger partial charge in [-0.2, -0.15) is 5.10 Å². The summed E-state index contributed by atoms with van der Waals surface area (Å²) in [5, 5.41) is 7.10. The fourth-order valence-electron chi connectivity index (χ4n) is 2.80. The SMILES string of the molecule is COc1cc(/C=N\NC(=O)c2ccccc2Cl)ccc1OCC(=O)Nc1ccccc1C. The van der Waals surface area contributed by atoms with Crippen LogP contribution in [-0.2, 0) is 4.79 Å². The molecule has 7 nitrogen and oxygen atoms in total. The molecule has 0 aliphatic rings. The van der Waals surface area contributed by atoms with Crippen LogP contribution in [0.4, 0.5) is 5.69 Å². The standard InChI is InChI=1S/C24H22ClN3O4/c1-16-7-3-6-10-20(16)27-23(29)15-32-21-12-11-17(13-22(21)31-2)14-26-28-24(30)18-8-4-5-9-19(18)25/h3-14H,15H2,1-2H3,(H,27,29)(H,28,30)/b26-14-. The topological polar surface area (TPSA) is 89.0 Å². The summed E-state index contributed by atoms with van der Waals surface area (Å²) in [7, 11) is 1.50. The number of nitrogens with one attached hydrogen (secondary N) is 2. The first-order valence-corrected chi connectivity index (χ1v) is 10.1. The Morgan fingerprint density at radius 3 is 2.53 bits per heavy atom. The van der Waals surface area contributed by atoms with Gasteiger partial charge in [0.2, 0.25) is 0 Å². The van der Waals surface area contributed by atoms with Gasteiger partial charge < -0.3 is 14.8 Å². The van der Waals surface area contributed by atoms with Crippen LogP contribution in [0.15, 0.2) is 71.8 Å². The van der Waals surface area contributed by atoms with Gasteiger partial charge in [0.05, 0.1) is 23.9 Å². The smallest absolute Gasteiger partial charge is 0.272 e. The van der Waals surface area contributed by atoms with Crippen molar-refractivity contribution in [3.05, 3.63) is 88.4 Å². The van der Waals surface area contributed by atoms with Gasteiger partial charge in [0.25, 0.3) is 11.8 Å². The van der Waals surface area contributed by atoms with Crippen molar-refractivity contribution in [3.63, 3.8) is 0 Å². The van der Waals surface area contributed by atoms with E-state index in [1.807, 2.05) is 31.2 Å². The van der Waals surface area contributed by atoms with E-state index >= 15 is 0 Å². The summed E-state index contributed by atoms with van der Waals surface area (Å²) in [5.74, 6) is 0.132. The summed E-state index contributed by atoms with van der Waals surface area (Å²) in [6.07, 6.45) is 1.46. The zero-order valence-electron chi connectivity index (χ0n) is 17.6. The molecule has 0 heterocycles. The van der Waals surface area contributed by atoms with Crippen LogP contribution in [0.25, 0.3) is 0 Å². The third-order valence-corrected chi connectivity index (χ3v) is 4.79. The second-order valence-electron chi connectivity index (χ2n) is 6.74. The fraction of sp³-hybridized carbons (Fsp3) is 0.125. The molecule has 2 N–H and O–H groups in total. The number of halogens is 1. The van der Waals surface area contributed by atoms with Crippen molar-refractivity contribution >= 4 is 35.3 Å². The van der Waals surface area contributed by atoms with Crippen molar-refractivity contribution in [2.45, 2.75) is 6.92 Å². The second-order valence-corrected chi connectivity index (χ2v) is 7.15. The quantitative estimate of drug-likeness (QED) is 0.391. The Balaban J connectivity index is 1.58. The van der Waals surface area contributed by atoms with Gasteiger partial charge in [-0.25, -0.2) is 5.43 Å². The van der Waals surface area contributed by atoms with Crippen LogP contribution in [0, 0.1) is 6.92 Å². The molecule has 3 aromatic carbocycles. The average molecular weight is 452 g/mol. The van der Waals surface area contributed by atoms with Crippen LogP contribution in [0.1, 0.15) is 21.5 Å². The molecule has 32 heavy (non-hydrogen) atoms. The van der Waals surface area contributed by atoms with E-state index in [4.69, 9.17) is 21.1 Å². The summed E-state index contributed by atoms with van der Waals surface area (Å²) in [6, 6.07) is 19.3. The molecule has 0 aliphatic carbocycles.